The number of phenolic OH excluding ortho intramolecular Hbond substituents is 1. The van der Waals surface area contributed by atoms with E-state index in [1.54, 1.807) is 52.0 Å². The highest BCUT2D eigenvalue weighted by atomic mass is 16.6. The van der Waals surface area contributed by atoms with Crippen molar-refractivity contribution < 1.29 is 38.4 Å². The molecule has 0 heterocycles. The first kappa shape index (κ1) is 35.3. The molecule has 0 bridgehead atoms. The van der Waals surface area contributed by atoms with E-state index < -0.39 is 11.2 Å². The zero-order chi connectivity index (χ0) is 31.7. The molecule has 234 valence electrons. The van der Waals surface area contributed by atoms with Crippen LogP contribution in [-0.4, -0.2) is 54.7 Å². The normalized spacial score (nSPS) is 13.4. The van der Waals surface area contributed by atoms with Crippen molar-refractivity contribution in [2.45, 2.75) is 72.2 Å². The van der Waals surface area contributed by atoms with Gasteiger partial charge >= 0.3 is 11.9 Å². The highest BCUT2D eigenvalue weighted by Gasteiger charge is 2.36. The summed E-state index contributed by atoms with van der Waals surface area (Å²) in [4.78, 5) is 24.1. The number of hydrogen-bond acceptors (Lipinski definition) is 8. The fourth-order valence-corrected chi connectivity index (χ4v) is 4.41. The molecule has 0 amide bonds. The molecule has 0 fully saturated rings. The topological polar surface area (TPSA) is 101 Å². The number of benzene rings is 3. The molecule has 0 aliphatic carbocycles. The summed E-state index contributed by atoms with van der Waals surface area (Å²) in [6, 6.07) is 24.5. The number of esters is 2. The van der Waals surface area contributed by atoms with E-state index in [0.717, 1.165) is 22.4 Å². The molecule has 1 N–H and O–H groups in total. The van der Waals surface area contributed by atoms with Crippen LogP contribution < -0.4 is 4.74 Å². The molecule has 0 aliphatic heterocycles. The molecule has 43 heavy (non-hydrogen) atoms. The third-order valence-corrected chi connectivity index (χ3v) is 6.53. The van der Waals surface area contributed by atoms with Crippen LogP contribution in [0, 0.1) is 0 Å². The van der Waals surface area contributed by atoms with E-state index >= 15 is 0 Å². The molecule has 0 saturated heterocycles. The number of ether oxygens (including phenoxy) is 5. The molecule has 0 aromatic heterocycles. The van der Waals surface area contributed by atoms with Gasteiger partial charge in [0.25, 0.3) is 0 Å². The second kappa shape index (κ2) is 17.9. The first-order valence-electron chi connectivity index (χ1n) is 14.7. The zero-order valence-electron chi connectivity index (χ0n) is 26.3. The highest BCUT2D eigenvalue weighted by Crippen LogP contribution is 2.23. The maximum Gasteiger partial charge on any atom is 0.338 e. The number of phenols is 1. The summed E-state index contributed by atoms with van der Waals surface area (Å²) in [6.45, 7) is 12.9. The van der Waals surface area contributed by atoms with Crippen LogP contribution in [0.5, 0.6) is 11.5 Å². The molecule has 2 atom stereocenters. The van der Waals surface area contributed by atoms with E-state index in [2.05, 4.69) is 0 Å². The summed E-state index contributed by atoms with van der Waals surface area (Å²) in [5.74, 6) is 0.302. The van der Waals surface area contributed by atoms with Gasteiger partial charge in [-0.25, -0.2) is 9.59 Å². The van der Waals surface area contributed by atoms with Crippen molar-refractivity contribution in [3.63, 3.8) is 0 Å². The number of aromatic hydroxyl groups is 1. The van der Waals surface area contributed by atoms with Gasteiger partial charge in [0.2, 0.25) is 0 Å². The lowest BCUT2D eigenvalue weighted by atomic mass is 9.96. The van der Waals surface area contributed by atoms with Gasteiger partial charge in [0.1, 0.15) is 18.1 Å². The van der Waals surface area contributed by atoms with Crippen LogP contribution in [0.15, 0.2) is 78.9 Å². The minimum absolute atomic E-state index is 0.202. The van der Waals surface area contributed by atoms with Gasteiger partial charge in [-0.1, -0.05) is 54.6 Å². The maximum atomic E-state index is 12.2. The van der Waals surface area contributed by atoms with Crippen LogP contribution >= 0.6 is 0 Å². The van der Waals surface area contributed by atoms with E-state index in [1.165, 1.54) is 0 Å². The summed E-state index contributed by atoms with van der Waals surface area (Å²) >= 11 is 0. The molecule has 2 unspecified atom stereocenters. The molecular formula is C35H46O8. The van der Waals surface area contributed by atoms with Crippen LogP contribution in [0.4, 0.5) is 0 Å². The number of rotatable bonds is 15. The van der Waals surface area contributed by atoms with Gasteiger partial charge in [0, 0.05) is 26.1 Å². The standard InChI is InChI=1S/C21H26O4.C14H20O4/c1-4-23-20(22)21(3,25-5-2)15-17-11-13-19(14-12-17)24-16-18-9-7-6-8-10-18;1-4-17-13(16)14(3,18-5-2)10-11-6-8-12(15)9-7-11/h6-14H,4-5,15-16H2,1-3H3;6-9,15H,4-5,10H2,1-3H3. The Bertz CT molecular complexity index is 1230. The Morgan fingerprint density at radius 3 is 1.47 bits per heavy atom. The molecule has 8 heteroatoms. The van der Waals surface area contributed by atoms with E-state index in [1.807, 2.05) is 68.4 Å². The fourth-order valence-electron chi connectivity index (χ4n) is 4.41. The van der Waals surface area contributed by atoms with Crippen molar-refractivity contribution >= 4 is 11.9 Å². The van der Waals surface area contributed by atoms with Crippen LogP contribution in [0.2, 0.25) is 0 Å². The average Bonchev–Trinajstić information content (AvgIpc) is 2.99. The fraction of sp³-hybridized carbons (Fsp3) is 0.429. The predicted molar refractivity (Wildman–Crippen MR) is 166 cm³/mol. The van der Waals surface area contributed by atoms with E-state index in [-0.39, 0.29) is 17.7 Å². The van der Waals surface area contributed by atoms with Crippen LogP contribution in [-0.2, 0) is 48.0 Å². The van der Waals surface area contributed by atoms with Gasteiger partial charge in [-0.05, 0) is 82.5 Å². The Morgan fingerprint density at radius 2 is 1.05 bits per heavy atom. The lowest BCUT2D eigenvalue weighted by Gasteiger charge is -2.27. The first-order chi connectivity index (χ1) is 20.6. The van der Waals surface area contributed by atoms with Crippen molar-refractivity contribution in [2.24, 2.45) is 0 Å². The summed E-state index contributed by atoms with van der Waals surface area (Å²) in [5.41, 5.74) is 1.07. The summed E-state index contributed by atoms with van der Waals surface area (Å²) in [6.07, 6.45) is 0.874. The number of carbonyl (C=O) groups excluding carboxylic acids is 2. The molecule has 0 radical (unpaired) electrons. The highest BCUT2D eigenvalue weighted by molar-refractivity contribution is 5.80. The second-order valence-corrected chi connectivity index (χ2v) is 10.2. The first-order valence-corrected chi connectivity index (χ1v) is 14.7. The predicted octanol–water partition coefficient (Wildman–Crippen LogP) is 6.46. The second-order valence-electron chi connectivity index (χ2n) is 10.2. The minimum Gasteiger partial charge on any atom is -0.508 e. The Balaban J connectivity index is 0.000000317. The Hall–Kier alpha value is -3.88. The van der Waals surface area contributed by atoms with Gasteiger partial charge in [-0.2, -0.15) is 0 Å². The molecule has 3 rings (SSSR count). The van der Waals surface area contributed by atoms with E-state index in [9.17, 15) is 14.7 Å². The van der Waals surface area contributed by atoms with E-state index in [4.69, 9.17) is 23.7 Å². The third-order valence-electron chi connectivity index (χ3n) is 6.53. The molecular weight excluding hydrogens is 548 g/mol. The maximum absolute atomic E-state index is 12.2. The van der Waals surface area contributed by atoms with Crippen molar-refractivity contribution in [1.29, 1.82) is 0 Å². The van der Waals surface area contributed by atoms with Crippen LogP contribution in [0.3, 0.4) is 0 Å². The van der Waals surface area contributed by atoms with Crippen molar-refractivity contribution in [1.82, 2.24) is 0 Å². The average molecular weight is 595 g/mol. The van der Waals surface area contributed by atoms with Crippen molar-refractivity contribution in [2.75, 3.05) is 26.4 Å². The quantitative estimate of drug-likeness (QED) is 0.200. The van der Waals surface area contributed by atoms with Gasteiger partial charge in [0.15, 0.2) is 11.2 Å². The van der Waals surface area contributed by atoms with Gasteiger partial charge in [0.05, 0.1) is 13.2 Å². The molecule has 3 aromatic rings. The van der Waals surface area contributed by atoms with Gasteiger partial charge in [-0.15, -0.1) is 0 Å². The minimum atomic E-state index is -0.984. The van der Waals surface area contributed by atoms with Gasteiger partial charge < -0.3 is 28.8 Å². The third kappa shape index (κ3) is 11.7. The Labute approximate surface area is 255 Å². The number of carbonyl (C=O) groups is 2. The van der Waals surface area contributed by atoms with Crippen molar-refractivity contribution in [3.05, 3.63) is 95.6 Å². The Kier molecular flexibility index (Phi) is 14.7. The largest absolute Gasteiger partial charge is 0.508 e. The molecule has 0 spiro atoms. The van der Waals surface area contributed by atoms with Crippen molar-refractivity contribution in [3.8, 4) is 11.5 Å². The summed E-state index contributed by atoms with van der Waals surface area (Å²) < 4.78 is 27.2. The van der Waals surface area contributed by atoms with E-state index in [0.29, 0.717) is 45.9 Å². The summed E-state index contributed by atoms with van der Waals surface area (Å²) in [7, 11) is 0. The monoisotopic (exact) mass is 594 g/mol. The molecule has 3 aromatic carbocycles. The summed E-state index contributed by atoms with van der Waals surface area (Å²) in [5, 5.41) is 9.23. The Morgan fingerprint density at radius 1 is 0.605 bits per heavy atom. The van der Waals surface area contributed by atoms with Gasteiger partial charge in [-0.3, -0.25) is 0 Å². The lowest BCUT2D eigenvalue weighted by molar-refractivity contribution is -0.169. The van der Waals surface area contributed by atoms with Crippen LogP contribution in [0.1, 0.15) is 58.2 Å². The zero-order valence-corrected chi connectivity index (χ0v) is 26.3. The molecule has 8 nitrogen and oxygen atoms in total. The van der Waals surface area contributed by atoms with Crippen LogP contribution in [0.25, 0.3) is 0 Å². The number of hydrogen-bond donors (Lipinski definition) is 1. The SMILES string of the molecule is CCOC(=O)C(C)(Cc1ccc(O)cc1)OCC.CCOC(=O)C(C)(Cc1ccc(OCc2ccccc2)cc1)OCC. The molecule has 0 saturated carbocycles. The smallest absolute Gasteiger partial charge is 0.338 e. The lowest BCUT2D eigenvalue weighted by Crippen LogP contribution is -2.42. The molecule has 0 aliphatic rings.